The van der Waals surface area contributed by atoms with E-state index in [2.05, 4.69) is 31.3 Å². The van der Waals surface area contributed by atoms with Crippen LogP contribution in [-0.2, 0) is 4.79 Å². The van der Waals surface area contributed by atoms with Gasteiger partial charge in [-0.3, -0.25) is 9.59 Å². The number of ketones is 1. The van der Waals surface area contributed by atoms with E-state index in [0.29, 0.717) is 16.5 Å². The van der Waals surface area contributed by atoms with Gasteiger partial charge in [0.25, 0.3) is 0 Å². The summed E-state index contributed by atoms with van der Waals surface area (Å²) in [5.74, 6) is -0.254. The number of nitrogens with zero attached hydrogens (tertiary/aromatic N) is 3. The van der Waals surface area contributed by atoms with Crippen LogP contribution in [0.25, 0.3) is 16.3 Å². The minimum absolute atomic E-state index is 0.0779. The van der Waals surface area contributed by atoms with Crippen molar-refractivity contribution in [2.24, 2.45) is 0 Å². The average Bonchev–Trinajstić information content (AvgIpc) is 3.11. The molecular weight excluding hydrogens is 404 g/mol. The molecule has 128 valence electrons. The van der Waals surface area contributed by atoms with Gasteiger partial charge in [-0.1, -0.05) is 27.3 Å². The second-order valence-electron chi connectivity index (χ2n) is 5.47. The highest BCUT2D eigenvalue weighted by molar-refractivity contribution is 9.10. The second-order valence-corrected chi connectivity index (χ2v) is 7.39. The molecule has 0 bridgehead atoms. The molecule has 1 aromatic carbocycles. The van der Waals surface area contributed by atoms with Crippen LogP contribution in [0.3, 0.4) is 0 Å². The van der Waals surface area contributed by atoms with Crippen LogP contribution < -0.4 is 5.32 Å². The Hall–Kier alpha value is -2.32. The van der Waals surface area contributed by atoms with E-state index in [9.17, 15) is 9.59 Å². The van der Waals surface area contributed by atoms with Gasteiger partial charge in [0.1, 0.15) is 11.4 Å². The van der Waals surface area contributed by atoms with Gasteiger partial charge < -0.3 is 5.32 Å². The van der Waals surface area contributed by atoms with Gasteiger partial charge in [-0.25, -0.2) is 9.67 Å². The molecule has 8 heteroatoms. The number of aryl methyl sites for hydroxylation is 1. The van der Waals surface area contributed by atoms with Crippen LogP contribution in [0.1, 0.15) is 30.0 Å². The molecule has 1 N–H and O–H groups in total. The minimum atomic E-state index is -0.176. The number of hydrogen-bond acceptors (Lipinski definition) is 5. The van der Waals surface area contributed by atoms with Crippen LogP contribution >= 0.6 is 27.3 Å². The van der Waals surface area contributed by atoms with Crippen molar-refractivity contribution in [3.8, 4) is 16.3 Å². The quantitative estimate of drug-likeness (QED) is 0.643. The highest BCUT2D eigenvalue weighted by Gasteiger charge is 2.18. The Labute approximate surface area is 157 Å². The summed E-state index contributed by atoms with van der Waals surface area (Å²) in [4.78, 5) is 28.4. The van der Waals surface area contributed by atoms with E-state index in [1.165, 1.54) is 25.2 Å². The number of aromatic nitrogens is 3. The molecular formula is C17H15BrN4O2S. The monoisotopic (exact) mass is 418 g/mol. The summed E-state index contributed by atoms with van der Waals surface area (Å²) < 4.78 is 2.58. The van der Waals surface area contributed by atoms with Crippen LogP contribution in [-0.4, -0.2) is 26.5 Å². The first kappa shape index (κ1) is 17.5. The van der Waals surface area contributed by atoms with Gasteiger partial charge in [-0.05, 0) is 37.3 Å². The molecule has 0 aliphatic rings. The van der Waals surface area contributed by atoms with E-state index < -0.39 is 0 Å². The zero-order valence-electron chi connectivity index (χ0n) is 13.8. The van der Waals surface area contributed by atoms with Crippen molar-refractivity contribution in [3.05, 3.63) is 46.2 Å². The van der Waals surface area contributed by atoms with E-state index in [4.69, 9.17) is 0 Å². The summed E-state index contributed by atoms with van der Waals surface area (Å²) in [5.41, 5.74) is 2.69. The average molecular weight is 419 g/mol. The Kier molecular flexibility index (Phi) is 4.82. The first-order valence-electron chi connectivity index (χ1n) is 7.47. The molecule has 0 saturated heterocycles. The number of anilines is 1. The highest BCUT2D eigenvalue weighted by Crippen LogP contribution is 2.33. The Bertz CT molecular complexity index is 960. The molecule has 0 aliphatic heterocycles. The zero-order valence-corrected chi connectivity index (χ0v) is 16.2. The van der Waals surface area contributed by atoms with E-state index >= 15 is 0 Å². The Morgan fingerprint density at radius 1 is 1.20 bits per heavy atom. The first-order chi connectivity index (χ1) is 11.8. The lowest BCUT2D eigenvalue weighted by Crippen LogP contribution is -2.05. The van der Waals surface area contributed by atoms with Gasteiger partial charge in [0.05, 0.1) is 16.3 Å². The summed E-state index contributed by atoms with van der Waals surface area (Å²) in [6.45, 7) is 4.80. The van der Waals surface area contributed by atoms with Gasteiger partial charge >= 0.3 is 0 Å². The topological polar surface area (TPSA) is 76.9 Å². The Morgan fingerprint density at radius 2 is 1.88 bits per heavy atom. The van der Waals surface area contributed by atoms with Gasteiger partial charge in [0, 0.05) is 18.3 Å². The standard InChI is InChI=1S/C17H15BrN4O2S/c1-9-16(25-17(19-9)20-11(3)24)14-8-15(10(2)23)22(21-14)13-6-4-12(18)5-7-13/h4-8H,1-3H3,(H,19,20,24). The summed E-state index contributed by atoms with van der Waals surface area (Å²) >= 11 is 4.74. The molecule has 3 rings (SSSR count). The number of hydrogen-bond donors (Lipinski definition) is 1. The number of carbonyl (C=O) groups excluding carboxylic acids is 2. The van der Waals surface area contributed by atoms with Crippen molar-refractivity contribution >= 4 is 44.1 Å². The fourth-order valence-corrected chi connectivity index (χ4v) is 3.59. The predicted octanol–water partition coefficient (Wildman–Crippen LogP) is 4.23. The molecule has 0 fully saturated rings. The van der Waals surface area contributed by atoms with Crippen molar-refractivity contribution in [1.29, 1.82) is 0 Å². The maximum Gasteiger partial charge on any atom is 0.223 e. The Morgan fingerprint density at radius 3 is 2.48 bits per heavy atom. The molecule has 6 nitrogen and oxygen atoms in total. The number of benzene rings is 1. The lowest BCUT2D eigenvalue weighted by atomic mass is 10.2. The maximum atomic E-state index is 12.0. The molecule has 3 aromatic rings. The maximum absolute atomic E-state index is 12.0. The molecule has 2 aromatic heterocycles. The van der Waals surface area contributed by atoms with Gasteiger partial charge in [-0.15, -0.1) is 0 Å². The third kappa shape index (κ3) is 3.69. The Balaban J connectivity index is 2.08. The summed E-state index contributed by atoms with van der Waals surface area (Å²) in [5, 5.41) is 7.79. The molecule has 1 amide bonds. The number of Topliss-reactive ketones (excluding diaryl/α,β-unsaturated/α-hetero) is 1. The number of thiazole rings is 1. The van der Waals surface area contributed by atoms with Crippen molar-refractivity contribution in [1.82, 2.24) is 14.8 Å². The van der Waals surface area contributed by atoms with Crippen LogP contribution in [0.2, 0.25) is 0 Å². The molecule has 2 heterocycles. The third-order valence-electron chi connectivity index (χ3n) is 3.45. The molecule has 0 atom stereocenters. The van der Waals surface area contributed by atoms with Gasteiger partial charge in [0.2, 0.25) is 5.91 Å². The van der Waals surface area contributed by atoms with Gasteiger partial charge in [-0.2, -0.15) is 5.10 Å². The van der Waals surface area contributed by atoms with E-state index in [1.54, 1.807) is 10.7 Å². The number of rotatable bonds is 4. The van der Waals surface area contributed by atoms with E-state index in [-0.39, 0.29) is 11.7 Å². The first-order valence-corrected chi connectivity index (χ1v) is 9.08. The van der Waals surface area contributed by atoms with Crippen LogP contribution in [0.5, 0.6) is 0 Å². The summed E-state index contributed by atoms with van der Waals surface area (Å²) in [6, 6.07) is 9.31. The molecule has 0 saturated carbocycles. The van der Waals surface area contributed by atoms with Crippen LogP contribution in [0.4, 0.5) is 5.13 Å². The number of nitrogens with one attached hydrogen (secondary N) is 1. The number of amides is 1. The molecule has 25 heavy (non-hydrogen) atoms. The minimum Gasteiger partial charge on any atom is -0.302 e. The van der Waals surface area contributed by atoms with Crippen LogP contribution in [0.15, 0.2) is 34.8 Å². The summed E-state index contributed by atoms with van der Waals surface area (Å²) in [6.07, 6.45) is 0. The number of carbonyl (C=O) groups is 2. The second kappa shape index (κ2) is 6.89. The number of halogens is 1. The molecule has 0 spiro atoms. The van der Waals surface area contributed by atoms with Crippen LogP contribution in [0, 0.1) is 6.92 Å². The molecule has 0 aliphatic carbocycles. The third-order valence-corrected chi connectivity index (χ3v) is 5.08. The van der Waals surface area contributed by atoms with Crippen molar-refractivity contribution < 1.29 is 9.59 Å². The normalized spacial score (nSPS) is 10.7. The van der Waals surface area contributed by atoms with Crippen molar-refractivity contribution in [3.63, 3.8) is 0 Å². The molecule has 0 radical (unpaired) electrons. The SMILES string of the molecule is CC(=O)Nc1nc(C)c(-c2cc(C(C)=O)n(-c3ccc(Br)cc3)n2)s1. The molecule has 0 unspecified atom stereocenters. The fourth-order valence-electron chi connectivity index (χ4n) is 2.36. The predicted molar refractivity (Wildman–Crippen MR) is 101 cm³/mol. The smallest absolute Gasteiger partial charge is 0.223 e. The van der Waals surface area contributed by atoms with E-state index in [1.807, 2.05) is 31.2 Å². The van der Waals surface area contributed by atoms with Crippen molar-refractivity contribution in [2.75, 3.05) is 5.32 Å². The van der Waals surface area contributed by atoms with Crippen molar-refractivity contribution in [2.45, 2.75) is 20.8 Å². The lowest BCUT2D eigenvalue weighted by molar-refractivity contribution is -0.114. The lowest BCUT2D eigenvalue weighted by Gasteiger charge is -2.04. The van der Waals surface area contributed by atoms with E-state index in [0.717, 1.165) is 20.7 Å². The highest BCUT2D eigenvalue weighted by atomic mass is 79.9. The zero-order chi connectivity index (χ0) is 18.1. The summed E-state index contributed by atoms with van der Waals surface area (Å²) in [7, 11) is 0. The van der Waals surface area contributed by atoms with Gasteiger partial charge in [0.15, 0.2) is 10.9 Å². The largest absolute Gasteiger partial charge is 0.302 e. The fraction of sp³-hybridized carbons (Fsp3) is 0.176.